The summed E-state index contributed by atoms with van der Waals surface area (Å²) < 4.78 is 17.4. The quantitative estimate of drug-likeness (QED) is 0.386. The van der Waals surface area contributed by atoms with E-state index in [9.17, 15) is 9.50 Å². The first kappa shape index (κ1) is 19.1. The van der Waals surface area contributed by atoms with Gasteiger partial charge in [0.2, 0.25) is 0 Å². The Hall–Kier alpha value is -2.66. The number of rotatable bonds is 4. The molecule has 3 aromatic rings. The Balaban J connectivity index is 0.00000210. The fourth-order valence-corrected chi connectivity index (χ4v) is 3.50. The minimum atomic E-state index is -0.248. The third-order valence-corrected chi connectivity index (χ3v) is 4.80. The van der Waals surface area contributed by atoms with E-state index in [0.29, 0.717) is 5.69 Å². The molecule has 0 saturated heterocycles. The van der Waals surface area contributed by atoms with Gasteiger partial charge in [-0.2, -0.15) is 0 Å². The molecule has 0 atom stereocenters. The number of hydrogen-bond donors (Lipinski definition) is 0. The van der Waals surface area contributed by atoms with Crippen molar-refractivity contribution in [3.8, 4) is 11.3 Å². The van der Waals surface area contributed by atoms with E-state index >= 15 is 0 Å². The van der Waals surface area contributed by atoms with Crippen molar-refractivity contribution in [2.75, 3.05) is 0 Å². The highest BCUT2D eigenvalue weighted by atomic mass is 35.5. The largest absolute Gasteiger partial charge is 0.859 e. The van der Waals surface area contributed by atoms with E-state index in [1.807, 2.05) is 42.0 Å². The Labute approximate surface area is 164 Å². The lowest BCUT2D eigenvalue weighted by atomic mass is 10.1. The monoisotopic (exact) mass is 385 g/mol. The third kappa shape index (κ3) is 3.88. The van der Waals surface area contributed by atoms with Crippen LogP contribution in [0.3, 0.4) is 0 Å². The molecule has 140 valence electrons. The number of fused-ring (bicyclic) bond motifs is 1. The average Bonchev–Trinajstić information content (AvgIpc) is 3.22. The zero-order valence-electron chi connectivity index (χ0n) is 15.1. The van der Waals surface area contributed by atoms with Gasteiger partial charge in [0, 0.05) is 11.5 Å². The number of aromatic nitrogens is 2. The second kappa shape index (κ2) is 7.92. The van der Waals surface area contributed by atoms with Gasteiger partial charge >= 0.3 is 0 Å². The molecule has 0 fully saturated rings. The fourth-order valence-electron chi connectivity index (χ4n) is 3.50. The van der Waals surface area contributed by atoms with E-state index in [1.54, 1.807) is 12.1 Å². The predicted octanol–water partition coefficient (Wildman–Crippen LogP) is 3.35. The number of halogens is 2. The van der Waals surface area contributed by atoms with Crippen molar-refractivity contribution in [2.24, 2.45) is 4.99 Å². The highest BCUT2D eigenvalue weighted by Crippen LogP contribution is 2.25. The molecule has 4 nitrogen and oxygen atoms in total. The van der Waals surface area contributed by atoms with Crippen LogP contribution in [0, 0.1) is 12.7 Å². The van der Waals surface area contributed by atoms with E-state index in [2.05, 4.69) is 9.56 Å². The summed E-state index contributed by atoms with van der Waals surface area (Å²) in [6.07, 6.45) is 3.96. The SMILES string of the molecule is Cc1ccccc1N=C([O-])C[n+]1cc(-c2ccc(F)cc2)n2c1CCC2.Cl. The molecule has 1 aliphatic rings. The van der Waals surface area contributed by atoms with Crippen LogP contribution in [0.15, 0.2) is 59.7 Å². The van der Waals surface area contributed by atoms with Gasteiger partial charge in [0.15, 0.2) is 5.69 Å². The number of aliphatic imine (C=N–C) groups is 1. The number of nitrogens with zero attached hydrogens (tertiary/aromatic N) is 3. The molecular formula is C21H21ClFN3O. The van der Waals surface area contributed by atoms with Gasteiger partial charge in [-0.25, -0.2) is 13.5 Å². The van der Waals surface area contributed by atoms with E-state index in [-0.39, 0.29) is 30.7 Å². The van der Waals surface area contributed by atoms with Gasteiger partial charge < -0.3 is 5.11 Å². The van der Waals surface area contributed by atoms with Crippen LogP contribution in [0.4, 0.5) is 10.1 Å². The molecule has 27 heavy (non-hydrogen) atoms. The first-order chi connectivity index (χ1) is 12.6. The van der Waals surface area contributed by atoms with Crippen LogP contribution >= 0.6 is 12.4 Å². The molecule has 1 aromatic heterocycles. The van der Waals surface area contributed by atoms with Crippen molar-refractivity contribution in [2.45, 2.75) is 32.9 Å². The molecule has 4 rings (SSSR count). The number of benzene rings is 2. The van der Waals surface area contributed by atoms with Crippen molar-refractivity contribution in [3.05, 3.63) is 71.9 Å². The highest BCUT2D eigenvalue weighted by molar-refractivity contribution is 5.85. The van der Waals surface area contributed by atoms with Gasteiger partial charge in [-0.05, 0) is 49.2 Å². The lowest BCUT2D eigenvalue weighted by Gasteiger charge is -2.10. The van der Waals surface area contributed by atoms with Crippen molar-refractivity contribution in [3.63, 3.8) is 0 Å². The second-order valence-corrected chi connectivity index (χ2v) is 6.61. The standard InChI is InChI=1S/C21H20FN3O.ClH/c1-15-5-2-3-6-18(15)23-20(26)14-24-13-19(25-12-4-7-21(24)25)16-8-10-17(22)11-9-16;/h2-3,5-6,8-11,13H,4,7,12,14H2,1H3;1H. The summed E-state index contributed by atoms with van der Waals surface area (Å²) in [5, 5.41) is 12.5. The van der Waals surface area contributed by atoms with E-state index in [4.69, 9.17) is 0 Å². The zero-order valence-corrected chi connectivity index (χ0v) is 15.9. The summed E-state index contributed by atoms with van der Waals surface area (Å²) in [7, 11) is 0. The van der Waals surface area contributed by atoms with Crippen molar-refractivity contribution in [1.29, 1.82) is 0 Å². The Bertz CT molecular complexity index is 980. The maximum absolute atomic E-state index is 13.2. The van der Waals surface area contributed by atoms with E-state index < -0.39 is 0 Å². The lowest BCUT2D eigenvalue weighted by molar-refractivity contribution is -0.693. The third-order valence-electron chi connectivity index (χ3n) is 4.80. The molecule has 0 N–H and O–H groups in total. The normalized spacial score (nSPS) is 13.3. The molecule has 0 aliphatic carbocycles. The van der Waals surface area contributed by atoms with E-state index in [0.717, 1.165) is 42.0 Å². The van der Waals surface area contributed by atoms with Gasteiger partial charge in [0.05, 0.1) is 18.7 Å². The summed E-state index contributed by atoms with van der Waals surface area (Å²) in [4.78, 5) is 4.25. The van der Waals surface area contributed by atoms with Crippen LogP contribution in [0.25, 0.3) is 11.3 Å². The number of para-hydroxylation sites is 1. The van der Waals surface area contributed by atoms with Gasteiger partial charge in [-0.1, -0.05) is 18.2 Å². The summed E-state index contributed by atoms with van der Waals surface area (Å²) in [6.45, 7) is 3.07. The summed E-state index contributed by atoms with van der Waals surface area (Å²) in [5.74, 6) is 0.704. The molecule has 0 saturated carbocycles. The smallest absolute Gasteiger partial charge is 0.257 e. The fraction of sp³-hybridized carbons (Fsp3) is 0.238. The summed E-state index contributed by atoms with van der Waals surface area (Å²) >= 11 is 0. The molecule has 0 bridgehead atoms. The molecular weight excluding hydrogens is 365 g/mol. The molecule has 0 spiro atoms. The van der Waals surface area contributed by atoms with Crippen molar-refractivity contribution >= 4 is 24.0 Å². The van der Waals surface area contributed by atoms with Crippen molar-refractivity contribution < 1.29 is 14.1 Å². The molecule has 6 heteroatoms. The summed E-state index contributed by atoms with van der Waals surface area (Å²) in [6, 6.07) is 14.1. The Morgan fingerprint density at radius 3 is 2.67 bits per heavy atom. The minimum Gasteiger partial charge on any atom is -0.859 e. The van der Waals surface area contributed by atoms with Crippen LogP contribution in [0.2, 0.25) is 0 Å². The van der Waals surface area contributed by atoms with Gasteiger partial charge in [-0.3, -0.25) is 4.99 Å². The number of aryl methyl sites for hydroxylation is 1. The second-order valence-electron chi connectivity index (χ2n) is 6.61. The van der Waals surface area contributed by atoms with Gasteiger partial charge in [-0.15, -0.1) is 12.4 Å². The summed E-state index contributed by atoms with van der Waals surface area (Å²) in [5.41, 5.74) is 3.67. The highest BCUT2D eigenvalue weighted by Gasteiger charge is 2.28. The molecule has 2 heterocycles. The maximum atomic E-state index is 13.2. The first-order valence-electron chi connectivity index (χ1n) is 8.80. The van der Waals surface area contributed by atoms with Crippen LogP contribution in [-0.2, 0) is 19.5 Å². The van der Waals surface area contributed by atoms with Gasteiger partial charge in [0.25, 0.3) is 5.82 Å². The molecule has 0 amide bonds. The van der Waals surface area contributed by atoms with Crippen molar-refractivity contribution in [1.82, 2.24) is 4.57 Å². The molecule has 0 unspecified atom stereocenters. The number of hydrogen-bond acceptors (Lipinski definition) is 2. The number of imidazole rings is 1. The Morgan fingerprint density at radius 2 is 1.93 bits per heavy atom. The lowest BCUT2D eigenvalue weighted by Crippen LogP contribution is -2.43. The Kier molecular flexibility index (Phi) is 5.61. The topological polar surface area (TPSA) is 44.2 Å². The molecule has 2 aromatic carbocycles. The van der Waals surface area contributed by atoms with Crippen LogP contribution in [-0.4, -0.2) is 10.5 Å². The maximum Gasteiger partial charge on any atom is 0.257 e. The minimum absolute atomic E-state index is 0. The molecule has 1 aliphatic heterocycles. The zero-order chi connectivity index (χ0) is 18.1. The average molecular weight is 386 g/mol. The van der Waals surface area contributed by atoms with E-state index in [1.165, 1.54) is 12.1 Å². The van der Waals surface area contributed by atoms with Gasteiger partial charge in [0.1, 0.15) is 18.6 Å². The first-order valence-corrected chi connectivity index (χ1v) is 8.80. The van der Waals surface area contributed by atoms with Crippen LogP contribution in [0.1, 0.15) is 17.8 Å². The molecule has 0 radical (unpaired) electrons. The van der Waals surface area contributed by atoms with Crippen LogP contribution in [0.5, 0.6) is 0 Å². The van der Waals surface area contributed by atoms with Crippen LogP contribution < -0.4 is 9.67 Å². The predicted molar refractivity (Wildman–Crippen MR) is 104 cm³/mol. The Morgan fingerprint density at radius 1 is 1.19 bits per heavy atom.